The van der Waals surface area contributed by atoms with Crippen molar-refractivity contribution in [2.45, 2.75) is 24.7 Å². The molecule has 1 aliphatic heterocycles. The molecule has 8 heteroatoms. The maximum absolute atomic E-state index is 13.2. The number of methoxy groups -OCH3 is 1. The van der Waals surface area contributed by atoms with Crippen LogP contribution < -0.4 is 10.1 Å². The van der Waals surface area contributed by atoms with Gasteiger partial charge in [0.05, 0.1) is 13.0 Å². The molecule has 6 nitrogen and oxygen atoms in total. The molecule has 28 heavy (non-hydrogen) atoms. The minimum Gasteiger partial charge on any atom is -0.495 e. The molecule has 0 aliphatic carbocycles. The van der Waals surface area contributed by atoms with Crippen molar-refractivity contribution >= 4 is 33.2 Å². The van der Waals surface area contributed by atoms with Gasteiger partial charge < -0.3 is 10.1 Å². The summed E-state index contributed by atoms with van der Waals surface area (Å²) in [5.41, 5.74) is 1.42. The summed E-state index contributed by atoms with van der Waals surface area (Å²) in [6, 6.07) is 11.9. The van der Waals surface area contributed by atoms with Crippen molar-refractivity contribution in [1.82, 2.24) is 4.31 Å². The third-order valence-corrected chi connectivity index (χ3v) is 6.91. The van der Waals surface area contributed by atoms with E-state index in [-0.39, 0.29) is 17.3 Å². The van der Waals surface area contributed by atoms with E-state index in [1.807, 2.05) is 6.92 Å². The van der Waals surface area contributed by atoms with E-state index in [1.165, 1.54) is 11.4 Å². The number of halogens is 1. The minimum atomic E-state index is -3.77. The quantitative estimate of drug-likeness (QED) is 0.797. The van der Waals surface area contributed by atoms with Gasteiger partial charge in [-0.3, -0.25) is 4.79 Å². The maximum atomic E-state index is 13.2. The number of nitrogens with zero attached hydrogens (tertiary/aromatic N) is 1. The Bertz CT molecular complexity index is 978. The molecule has 150 valence electrons. The molecule has 1 amide bonds. The first kappa shape index (κ1) is 20.6. The number of carbonyl (C=O) groups is 1. The second-order valence-electron chi connectivity index (χ2n) is 6.86. The molecule has 2 aromatic rings. The number of nitrogens with one attached hydrogen (secondary N) is 1. The average molecular weight is 423 g/mol. The fraction of sp³-hybridized carbons (Fsp3) is 0.350. The lowest BCUT2D eigenvalue weighted by Crippen LogP contribution is -2.43. The number of amides is 1. The van der Waals surface area contributed by atoms with Gasteiger partial charge in [-0.05, 0) is 55.7 Å². The third kappa shape index (κ3) is 4.48. The molecule has 0 spiro atoms. The molecule has 1 aliphatic rings. The summed E-state index contributed by atoms with van der Waals surface area (Å²) >= 11 is 5.96. The number of hydrogen-bond donors (Lipinski definition) is 1. The topological polar surface area (TPSA) is 75.7 Å². The van der Waals surface area contributed by atoms with Crippen LogP contribution in [0.5, 0.6) is 5.75 Å². The van der Waals surface area contributed by atoms with Crippen molar-refractivity contribution in [3.05, 3.63) is 53.1 Å². The van der Waals surface area contributed by atoms with E-state index in [1.54, 1.807) is 42.5 Å². The molecule has 0 saturated carbocycles. The summed E-state index contributed by atoms with van der Waals surface area (Å²) in [5, 5.41) is 3.35. The Hall–Kier alpha value is -2.09. The summed E-state index contributed by atoms with van der Waals surface area (Å²) in [6.07, 6.45) is 1.24. The summed E-state index contributed by atoms with van der Waals surface area (Å²) in [5.74, 6) is -0.340. The monoisotopic (exact) mass is 422 g/mol. The molecule has 1 atom stereocenters. The summed E-state index contributed by atoms with van der Waals surface area (Å²) in [6.45, 7) is 2.34. The van der Waals surface area contributed by atoms with Crippen LogP contribution in [0.25, 0.3) is 0 Å². The predicted molar refractivity (Wildman–Crippen MR) is 109 cm³/mol. The number of piperidine rings is 1. The molecule has 0 aromatic heterocycles. The molecule has 1 saturated heterocycles. The average Bonchev–Trinajstić information content (AvgIpc) is 2.68. The zero-order valence-corrected chi connectivity index (χ0v) is 17.4. The molecule has 0 bridgehead atoms. The molecule has 1 fully saturated rings. The SMILES string of the molecule is COc1ccc(C)cc1S(=O)(=O)N1CCCC(C(=O)Nc2cccc(Cl)c2)C1. The number of carbonyl (C=O) groups excluding carboxylic acids is 1. The van der Waals surface area contributed by atoms with Crippen LogP contribution in [0.2, 0.25) is 5.02 Å². The number of sulfonamides is 1. The number of hydrogen-bond acceptors (Lipinski definition) is 4. The van der Waals surface area contributed by atoms with Gasteiger partial charge in [0, 0.05) is 23.8 Å². The Morgan fingerprint density at radius 2 is 2.04 bits per heavy atom. The molecular formula is C20H23ClN2O4S. The van der Waals surface area contributed by atoms with Crippen molar-refractivity contribution < 1.29 is 17.9 Å². The van der Waals surface area contributed by atoms with Crippen molar-refractivity contribution in [1.29, 1.82) is 0 Å². The van der Waals surface area contributed by atoms with Crippen molar-refractivity contribution in [3.63, 3.8) is 0 Å². The van der Waals surface area contributed by atoms with E-state index in [0.29, 0.717) is 35.8 Å². The summed E-state index contributed by atoms with van der Waals surface area (Å²) in [7, 11) is -2.32. The van der Waals surface area contributed by atoms with Gasteiger partial charge in [0.25, 0.3) is 0 Å². The van der Waals surface area contributed by atoms with E-state index in [4.69, 9.17) is 16.3 Å². The van der Waals surface area contributed by atoms with Crippen LogP contribution in [0, 0.1) is 12.8 Å². The van der Waals surface area contributed by atoms with Gasteiger partial charge in [0.1, 0.15) is 10.6 Å². The fourth-order valence-corrected chi connectivity index (χ4v) is 5.26. The van der Waals surface area contributed by atoms with Gasteiger partial charge in [-0.25, -0.2) is 8.42 Å². The highest BCUT2D eigenvalue weighted by atomic mass is 35.5. The summed E-state index contributed by atoms with van der Waals surface area (Å²) in [4.78, 5) is 12.8. The van der Waals surface area contributed by atoms with Crippen LogP contribution in [-0.4, -0.2) is 38.8 Å². The Kier molecular flexibility index (Phi) is 6.27. The molecular weight excluding hydrogens is 400 g/mol. The number of ether oxygens (including phenoxy) is 1. The number of aryl methyl sites for hydroxylation is 1. The molecule has 0 radical (unpaired) electrons. The van der Waals surface area contributed by atoms with Gasteiger partial charge >= 0.3 is 0 Å². The zero-order chi connectivity index (χ0) is 20.3. The Morgan fingerprint density at radius 3 is 2.75 bits per heavy atom. The lowest BCUT2D eigenvalue weighted by atomic mass is 9.99. The lowest BCUT2D eigenvalue weighted by Gasteiger charge is -2.31. The number of anilines is 1. The number of benzene rings is 2. The molecule has 1 heterocycles. The van der Waals surface area contributed by atoms with Crippen molar-refractivity contribution in [3.8, 4) is 5.75 Å². The van der Waals surface area contributed by atoms with E-state index < -0.39 is 15.9 Å². The van der Waals surface area contributed by atoms with E-state index >= 15 is 0 Å². The van der Waals surface area contributed by atoms with Crippen LogP contribution in [0.3, 0.4) is 0 Å². The van der Waals surface area contributed by atoms with Gasteiger partial charge in [-0.1, -0.05) is 23.7 Å². The largest absolute Gasteiger partial charge is 0.495 e. The second-order valence-corrected chi connectivity index (χ2v) is 9.20. The molecule has 2 aromatic carbocycles. The Balaban J connectivity index is 1.79. The van der Waals surface area contributed by atoms with Crippen LogP contribution in [0.15, 0.2) is 47.4 Å². The van der Waals surface area contributed by atoms with Crippen LogP contribution >= 0.6 is 11.6 Å². The highest BCUT2D eigenvalue weighted by Crippen LogP contribution is 2.31. The van der Waals surface area contributed by atoms with Gasteiger partial charge in [-0.2, -0.15) is 4.31 Å². The predicted octanol–water partition coefficient (Wildman–Crippen LogP) is 3.70. The Labute approximate surface area is 170 Å². The van der Waals surface area contributed by atoms with Crippen LogP contribution in [0.4, 0.5) is 5.69 Å². The van der Waals surface area contributed by atoms with Gasteiger partial charge in [0.15, 0.2) is 0 Å². The highest BCUT2D eigenvalue weighted by Gasteiger charge is 2.35. The molecule has 1 N–H and O–H groups in total. The maximum Gasteiger partial charge on any atom is 0.246 e. The minimum absolute atomic E-state index is 0.130. The highest BCUT2D eigenvalue weighted by molar-refractivity contribution is 7.89. The second kappa shape index (κ2) is 8.51. The molecule has 1 unspecified atom stereocenters. The van der Waals surface area contributed by atoms with Crippen molar-refractivity contribution in [2.75, 3.05) is 25.5 Å². The van der Waals surface area contributed by atoms with E-state index in [9.17, 15) is 13.2 Å². The summed E-state index contributed by atoms with van der Waals surface area (Å²) < 4.78 is 33.0. The zero-order valence-electron chi connectivity index (χ0n) is 15.8. The Morgan fingerprint density at radius 1 is 1.25 bits per heavy atom. The smallest absolute Gasteiger partial charge is 0.246 e. The van der Waals surface area contributed by atoms with Crippen LogP contribution in [-0.2, 0) is 14.8 Å². The van der Waals surface area contributed by atoms with Crippen LogP contribution in [0.1, 0.15) is 18.4 Å². The van der Waals surface area contributed by atoms with E-state index in [0.717, 1.165) is 5.56 Å². The normalized spacial score (nSPS) is 17.9. The fourth-order valence-electron chi connectivity index (χ4n) is 3.31. The first-order chi connectivity index (χ1) is 13.3. The lowest BCUT2D eigenvalue weighted by molar-refractivity contribution is -0.120. The third-order valence-electron chi connectivity index (χ3n) is 4.78. The van der Waals surface area contributed by atoms with E-state index in [2.05, 4.69) is 5.32 Å². The standard InChI is InChI=1S/C20H23ClN2O4S/c1-14-8-9-18(27-2)19(11-14)28(25,26)23-10-4-5-15(13-23)20(24)22-17-7-3-6-16(21)12-17/h3,6-9,11-12,15H,4-5,10,13H2,1-2H3,(H,22,24). The number of rotatable bonds is 5. The first-order valence-corrected chi connectivity index (χ1v) is 10.8. The van der Waals surface area contributed by atoms with Gasteiger partial charge in [-0.15, -0.1) is 0 Å². The van der Waals surface area contributed by atoms with Crippen molar-refractivity contribution in [2.24, 2.45) is 5.92 Å². The molecule has 3 rings (SSSR count). The first-order valence-electron chi connectivity index (χ1n) is 9.02. The van der Waals surface area contributed by atoms with Gasteiger partial charge in [0.2, 0.25) is 15.9 Å².